The van der Waals surface area contributed by atoms with Crippen LogP contribution in [0.5, 0.6) is 0 Å². The van der Waals surface area contributed by atoms with E-state index in [9.17, 15) is 0 Å². The quantitative estimate of drug-likeness (QED) is 0.764. The van der Waals surface area contributed by atoms with E-state index in [2.05, 4.69) is 46.3 Å². The molecule has 0 bridgehead atoms. The Balaban J connectivity index is 2.92. The van der Waals surface area contributed by atoms with E-state index in [-0.39, 0.29) is 0 Å². The molecule has 0 spiro atoms. The lowest BCUT2D eigenvalue weighted by molar-refractivity contribution is 0.549. The zero-order chi connectivity index (χ0) is 9.14. The summed E-state index contributed by atoms with van der Waals surface area (Å²) in [6.07, 6.45) is 2.03. The molecule has 0 unspecified atom stereocenters. The lowest BCUT2D eigenvalue weighted by atomic mass is 10.4. The van der Waals surface area contributed by atoms with Gasteiger partial charge < -0.3 is 4.57 Å². The van der Waals surface area contributed by atoms with Gasteiger partial charge in [0.15, 0.2) is 5.16 Å². The van der Waals surface area contributed by atoms with Gasteiger partial charge in [0.25, 0.3) is 0 Å². The van der Waals surface area contributed by atoms with Crippen molar-refractivity contribution in [1.82, 2.24) is 9.55 Å². The Bertz CT molecular complexity index is 258. The van der Waals surface area contributed by atoms with Gasteiger partial charge in [0.05, 0.1) is 0 Å². The van der Waals surface area contributed by atoms with E-state index in [1.54, 1.807) is 11.8 Å². The highest BCUT2D eigenvalue weighted by molar-refractivity contribution is 9.10. The topological polar surface area (TPSA) is 17.8 Å². The second-order valence-corrected chi connectivity index (χ2v) is 4.82. The van der Waals surface area contributed by atoms with Crippen LogP contribution in [0.2, 0.25) is 0 Å². The van der Waals surface area contributed by atoms with Crippen LogP contribution in [0.3, 0.4) is 0 Å². The van der Waals surface area contributed by atoms with Crippen LogP contribution in [-0.2, 0) is 0 Å². The maximum absolute atomic E-state index is 4.36. The Hall–Kier alpha value is 0.0400. The number of halogens is 1. The van der Waals surface area contributed by atoms with Crippen molar-refractivity contribution in [2.24, 2.45) is 0 Å². The van der Waals surface area contributed by atoms with Gasteiger partial charge >= 0.3 is 0 Å². The molecule has 0 fully saturated rings. The number of hydrogen-bond acceptors (Lipinski definition) is 2. The molecular weight excluding hydrogens is 236 g/mol. The fourth-order valence-electron chi connectivity index (χ4n) is 0.954. The van der Waals surface area contributed by atoms with Gasteiger partial charge in [-0.3, -0.25) is 0 Å². The Morgan fingerprint density at radius 2 is 2.33 bits per heavy atom. The Morgan fingerprint density at radius 3 is 2.83 bits per heavy atom. The van der Waals surface area contributed by atoms with Gasteiger partial charge in [-0.1, -0.05) is 18.7 Å². The molecule has 0 atom stereocenters. The molecule has 0 radical (unpaired) electrons. The monoisotopic (exact) mass is 248 g/mol. The van der Waals surface area contributed by atoms with Gasteiger partial charge in [-0.05, 0) is 35.5 Å². The third-order valence-electron chi connectivity index (χ3n) is 1.50. The third kappa shape index (κ3) is 2.26. The molecule has 0 saturated carbocycles. The summed E-state index contributed by atoms with van der Waals surface area (Å²) in [5.74, 6) is 1.07. The number of hydrogen-bond donors (Lipinski definition) is 0. The molecule has 1 aromatic rings. The van der Waals surface area contributed by atoms with E-state index >= 15 is 0 Å². The summed E-state index contributed by atoms with van der Waals surface area (Å²) in [5, 5.41) is 1.10. The van der Waals surface area contributed by atoms with Crippen LogP contribution >= 0.6 is 27.7 Å². The smallest absolute Gasteiger partial charge is 0.169 e. The van der Waals surface area contributed by atoms with Crippen LogP contribution in [0, 0.1) is 0 Å². The van der Waals surface area contributed by atoms with E-state index in [0.717, 1.165) is 15.5 Å². The normalized spacial score (nSPS) is 11.1. The predicted octanol–water partition coefficient (Wildman–Crippen LogP) is 3.34. The van der Waals surface area contributed by atoms with Crippen LogP contribution in [-0.4, -0.2) is 15.3 Å². The molecular formula is C8H13BrN2S. The highest BCUT2D eigenvalue weighted by Crippen LogP contribution is 2.23. The summed E-state index contributed by atoms with van der Waals surface area (Å²) in [6, 6.07) is 0.484. The van der Waals surface area contributed by atoms with Gasteiger partial charge in [0, 0.05) is 12.2 Å². The SMILES string of the molecule is CCSc1nc(Br)cn1C(C)C. The van der Waals surface area contributed by atoms with Crippen molar-refractivity contribution in [3.8, 4) is 0 Å². The van der Waals surface area contributed by atoms with Gasteiger partial charge in [0.2, 0.25) is 0 Å². The van der Waals surface area contributed by atoms with Crippen molar-refractivity contribution < 1.29 is 0 Å². The third-order valence-corrected chi connectivity index (χ3v) is 2.73. The number of aromatic nitrogens is 2. The Labute approximate surface area is 85.9 Å². The van der Waals surface area contributed by atoms with Gasteiger partial charge in [0.1, 0.15) is 4.60 Å². The van der Waals surface area contributed by atoms with Crippen molar-refractivity contribution in [2.75, 3.05) is 5.75 Å². The van der Waals surface area contributed by atoms with E-state index in [1.807, 2.05) is 6.20 Å². The number of rotatable bonds is 3. The Kier molecular flexibility index (Phi) is 3.65. The van der Waals surface area contributed by atoms with Crippen molar-refractivity contribution in [3.63, 3.8) is 0 Å². The molecule has 1 aromatic heterocycles. The average molecular weight is 249 g/mol. The van der Waals surface area contributed by atoms with Crippen molar-refractivity contribution in [2.45, 2.75) is 32.0 Å². The number of imidazole rings is 1. The van der Waals surface area contributed by atoms with Gasteiger partial charge in [-0.25, -0.2) is 4.98 Å². The highest BCUT2D eigenvalue weighted by Gasteiger charge is 2.07. The largest absolute Gasteiger partial charge is 0.322 e. The fraction of sp³-hybridized carbons (Fsp3) is 0.625. The summed E-state index contributed by atoms with van der Waals surface area (Å²) in [4.78, 5) is 4.36. The first-order chi connectivity index (χ1) is 5.65. The molecule has 0 amide bonds. The second kappa shape index (κ2) is 4.33. The van der Waals surface area contributed by atoms with Crippen molar-refractivity contribution >= 4 is 27.7 Å². The summed E-state index contributed by atoms with van der Waals surface area (Å²) in [7, 11) is 0. The lowest BCUT2D eigenvalue weighted by Crippen LogP contribution is -2.00. The molecule has 0 N–H and O–H groups in total. The van der Waals surface area contributed by atoms with Crippen molar-refractivity contribution in [1.29, 1.82) is 0 Å². The van der Waals surface area contributed by atoms with Crippen molar-refractivity contribution in [3.05, 3.63) is 10.8 Å². The van der Waals surface area contributed by atoms with Crippen LogP contribution in [0.15, 0.2) is 16.0 Å². The lowest BCUT2D eigenvalue weighted by Gasteiger charge is -2.09. The molecule has 0 saturated heterocycles. The summed E-state index contributed by atoms with van der Waals surface area (Å²) >= 11 is 5.15. The molecule has 1 heterocycles. The minimum atomic E-state index is 0.484. The molecule has 1 rings (SSSR count). The predicted molar refractivity (Wildman–Crippen MR) is 56.7 cm³/mol. The summed E-state index contributed by atoms with van der Waals surface area (Å²) < 4.78 is 3.10. The Morgan fingerprint density at radius 1 is 1.67 bits per heavy atom. The first kappa shape index (κ1) is 10.1. The maximum Gasteiger partial charge on any atom is 0.169 e. The zero-order valence-corrected chi connectivity index (χ0v) is 9.94. The van der Waals surface area contributed by atoms with Crippen LogP contribution < -0.4 is 0 Å². The minimum Gasteiger partial charge on any atom is -0.322 e. The van der Waals surface area contributed by atoms with E-state index < -0.39 is 0 Å². The molecule has 12 heavy (non-hydrogen) atoms. The molecule has 0 aliphatic carbocycles. The van der Waals surface area contributed by atoms with E-state index in [0.29, 0.717) is 6.04 Å². The van der Waals surface area contributed by atoms with Crippen LogP contribution in [0.25, 0.3) is 0 Å². The zero-order valence-electron chi connectivity index (χ0n) is 7.54. The highest BCUT2D eigenvalue weighted by atomic mass is 79.9. The molecule has 0 aliphatic heterocycles. The molecule has 4 heteroatoms. The van der Waals surface area contributed by atoms with E-state index in [4.69, 9.17) is 0 Å². The molecule has 2 nitrogen and oxygen atoms in total. The number of thioether (sulfide) groups is 1. The average Bonchev–Trinajstić information content (AvgIpc) is 2.32. The second-order valence-electron chi connectivity index (χ2n) is 2.78. The number of nitrogens with zero attached hydrogens (tertiary/aromatic N) is 2. The van der Waals surface area contributed by atoms with E-state index in [1.165, 1.54) is 0 Å². The first-order valence-electron chi connectivity index (χ1n) is 4.02. The maximum atomic E-state index is 4.36. The molecule has 0 aliphatic rings. The molecule has 0 aromatic carbocycles. The summed E-state index contributed by atoms with van der Waals surface area (Å²) in [5.41, 5.74) is 0. The van der Waals surface area contributed by atoms with Gasteiger partial charge in [-0.2, -0.15) is 0 Å². The van der Waals surface area contributed by atoms with Crippen LogP contribution in [0.4, 0.5) is 0 Å². The van der Waals surface area contributed by atoms with Gasteiger partial charge in [-0.15, -0.1) is 0 Å². The summed E-state index contributed by atoms with van der Waals surface area (Å²) in [6.45, 7) is 6.46. The standard InChI is InChI=1S/C8H13BrN2S/c1-4-12-8-10-7(9)5-11(8)6(2)3/h5-6H,4H2,1-3H3. The first-order valence-corrected chi connectivity index (χ1v) is 5.80. The van der Waals surface area contributed by atoms with Crippen LogP contribution in [0.1, 0.15) is 26.8 Å². The molecule has 68 valence electrons. The fourth-order valence-corrected chi connectivity index (χ4v) is 2.29. The minimum absolute atomic E-state index is 0.484.